The summed E-state index contributed by atoms with van der Waals surface area (Å²) in [7, 11) is -0.622. The predicted molar refractivity (Wildman–Crippen MR) is 118 cm³/mol. The Morgan fingerprint density at radius 2 is 1.84 bits per heavy atom. The topological polar surface area (TPSA) is 105 Å². The molecule has 3 rings (SSSR count). The van der Waals surface area contributed by atoms with E-state index in [0.29, 0.717) is 36.4 Å². The minimum absolute atomic E-state index is 0.121. The first kappa shape index (κ1) is 22.8. The maximum absolute atomic E-state index is 13.0. The molecule has 1 saturated heterocycles. The van der Waals surface area contributed by atoms with Gasteiger partial charge in [-0.1, -0.05) is 0 Å². The number of aryl methyl sites for hydroxylation is 1. The molecule has 1 atom stereocenters. The van der Waals surface area contributed by atoms with Gasteiger partial charge in [0.25, 0.3) is 5.91 Å². The molecule has 0 bridgehead atoms. The van der Waals surface area contributed by atoms with Crippen molar-refractivity contribution in [2.45, 2.75) is 24.7 Å². The van der Waals surface area contributed by atoms with Crippen molar-refractivity contribution in [1.82, 2.24) is 9.62 Å². The van der Waals surface area contributed by atoms with Crippen molar-refractivity contribution >= 4 is 27.5 Å². The minimum Gasteiger partial charge on any atom is -0.497 e. The zero-order valence-electron chi connectivity index (χ0n) is 17.8. The average molecular weight is 446 g/mol. The summed E-state index contributed by atoms with van der Waals surface area (Å²) in [6.45, 7) is 2.30. The lowest BCUT2D eigenvalue weighted by Gasteiger charge is -2.31. The van der Waals surface area contributed by atoms with Gasteiger partial charge in [-0.2, -0.15) is 4.31 Å². The molecule has 0 aromatic heterocycles. The van der Waals surface area contributed by atoms with Gasteiger partial charge in [-0.15, -0.1) is 0 Å². The average Bonchev–Trinajstić information content (AvgIpc) is 2.79. The summed E-state index contributed by atoms with van der Waals surface area (Å²) in [5.41, 5.74) is 1.87. The SMILES string of the molecule is CNC(=O)c1ccc(NC(=O)C2CCCN(S(=O)(=O)c3ccc(OC)cc3)C2)c(C)c1. The number of hydrogen-bond donors (Lipinski definition) is 2. The largest absolute Gasteiger partial charge is 0.497 e. The van der Waals surface area contributed by atoms with Crippen LogP contribution in [0.15, 0.2) is 47.4 Å². The lowest BCUT2D eigenvalue weighted by molar-refractivity contribution is -0.120. The van der Waals surface area contributed by atoms with Crippen molar-refractivity contribution in [2.24, 2.45) is 5.92 Å². The van der Waals surface area contributed by atoms with Crippen LogP contribution < -0.4 is 15.4 Å². The normalized spacial score (nSPS) is 17.1. The Hall–Kier alpha value is -2.91. The van der Waals surface area contributed by atoms with Crippen molar-refractivity contribution in [1.29, 1.82) is 0 Å². The number of carbonyl (C=O) groups excluding carboxylic acids is 2. The Kier molecular flexibility index (Phi) is 6.97. The van der Waals surface area contributed by atoms with Crippen LogP contribution in [0.1, 0.15) is 28.8 Å². The number of benzene rings is 2. The fourth-order valence-corrected chi connectivity index (χ4v) is 5.12. The zero-order chi connectivity index (χ0) is 22.6. The Bertz CT molecular complexity index is 1070. The number of hydrogen-bond acceptors (Lipinski definition) is 5. The van der Waals surface area contributed by atoms with Gasteiger partial charge >= 0.3 is 0 Å². The highest BCUT2D eigenvalue weighted by atomic mass is 32.2. The molecule has 8 nitrogen and oxygen atoms in total. The van der Waals surface area contributed by atoms with E-state index in [1.807, 2.05) is 6.92 Å². The first-order valence-electron chi connectivity index (χ1n) is 10.0. The van der Waals surface area contributed by atoms with Crippen LogP contribution >= 0.6 is 0 Å². The molecule has 1 unspecified atom stereocenters. The molecule has 2 N–H and O–H groups in total. The molecule has 1 heterocycles. The van der Waals surface area contributed by atoms with E-state index in [4.69, 9.17) is 4.74 Å². The summed E-state index contributed by atoms with van der Waals surface area (Å²) in [6, 6.07) is 11.3. The van der Waals surface area contributed by atoms with Crippen molar-refractivity contribution in [3.8, 4) is 5.75 Å². The molecule has 1 fully saturated rings. The number of piperidine rings is 1. The summed E-state index contributed by atoms with van der Waals surface area (Å²) in [6.07, 6.45) is 1.21. The summed E-state index contributed by atoms with van der Waals surface area (Å²) in [4.78, 5) is 24.8. The van der Waals surface area contributed by atoms with Gasteiger partial charge in [0.1, 0.15) is 5.75 Å². The molecule has 2 amide bonds. The number of ether oxygens (including phenoxy) is 1. The van der Waals surface area contributed by atoms with Crippen LogP contribution in [0.25, 0.3) is 0 Å². The number of anilines is 1. The van der Waals surface area contributed by atoms with Crippen molar-refractivity contribution in [3.63, 3.8) is 0 Å². The Labute approximate surface area is 182 Å². The van der Waals surface area contributed by atoms with Gasteiger partial charge in [0.15, 0.2) is 0 Å². The van der Waals surface area contributed by atoms with Crippen LogP contribution in [-0.2, 0) is 14.8 Å². The molecule has 1 aliphatic heterocycles. The highest BCUT2D eigenvalue weighted by molar-refractivity contribution is 7.89. The van der Waals surface area contributed by atoms with Crippen molar-refractivity contribution in [3.05, 3.63) is 53.6 Å². The third-order valence-corrected chi connectivity index (χ3v) is 7.31. The molecule has 0 aliphatic carbocycles. The Morgan fingerprint density at radius 1 is 1.13 bits per heavy atom. The van der Waals surface area contributed by atoms with Crippen LogP contribution in [-0.4, -0.2) is 51.8 Å². The van der Waals surface area contributed by atoms with E-state index in [0.717, 1.165) is 5.56 Å². The molecule has 0 radical (unpaired) electrons. The van der Waals surface area contributed by atoms with E-state index in [1.165, 1.54) is 23.5 Å². The number of sulfonamides is 1. The molecule has 0 saturated carbocycles. The van der Waals surface area contributed by atoms with E-state index in [1.54, 1.807) is 37.4 Å². The smallest absolute Gasteiger partial charge is 0.251 e. The molecule has 31 heavy (non-hydrogen) atoms. The van der Waals surface area contributed by atoms with Crippen molar-refractivity contribution in [2.75, 3.05) is 32.6 Å². The van der Waals surface area contributed by atoms with E-state index in [2.05, 4.69) is 10.6 Å². The van der Waals surface area contributed by atoms with Crippen LogP contribution in [0, 0.1) is 12.8 Å². The second kappa shape index (κ2) is 9.49. The van der Waals surface area contributed by atoms with Crippen molar-refractivity contribution < 1.29 is 22.7 Å². The van der Waals surface area contributed by atoms with E-state index in [9.17, 15) is 18.0 Å². The summed E-state index contributed by atoms with van der Waals surface area (Å²) < 4.78 is 32.5. The second-order valence-electron chi connectivity index (χ2n) is 7.48. The molecular formula is C22H27N3O5S. The Morgan fingerprint density at radius 3 is 2.45 bits per heavy atom. The van der Waals surface area contributed by atoms with Gasteiger partial charge in [0, 0.05) is 31.4 Å². The molecule has 166 valence electrons. The highest BCUT2D eigenvalue weighted by Gasteiger charge is 2.33. The molecule has 9 heteroatoms. The predicted octanol–water partition coefficient (Wildman–Crippen LogP) is 2.40. The first-order valence-corrected chi connectivity index (χ1v) is 11.5. The van der Waals surface area contributed by atoms with Gasteiger partial charge in [0.05, 0.1) is 17.9 Å². The lowest BCUT2D eigenvalue weighted by Crippen LogP contribution is -2.43. The quantitative estimate of drug-likeness (QED) is 0.711. The highest BCUT2D eigenvalue weighted by Crippen LogP contribution is 2.26. The number of methoxy groups -OCH3 is 1. The van der Waals surface area contributed by atoms with E-state index >= 15 is 0 Å². The van der Waals surface area contributed by atoms with Gasteiger partial charge in [-0.25, -0.2) is 8.42 Å². The van der Waals surface area contributed by atoms with Gasteiger partial charge in [-0.05, 0) is 67.8 Å². The number of rotatable bonds is 6. The molecule has 2 aromatic rings. The van der Waals surface area contributed by atoms with E-state index < -0.39 is 15.9 Å². The number of nitrogens with zero attached hydrogens (tertiary/aromatic N) is 1. The Balaban J connectivity index is 1.71. The van der Waals surface area contributed by atoms with Crippen LogP contribution in [0.5, 0.6) is 5.75 Å². The standard InChI is InChI=1S/C22H27N3O5S/c1-15-13-16(21(26)23-2)6-11-20(15)24-22(27)17-5-4-12-25(14-17)31(28,29)19-9-7-18(30-3)8-10-19/h6-11,13,17H,4-5,12,14H2,1-3H3,(H,23,26)(H,24,27). The second-order valence-corrected chi connectivity index (χ2v) is 9.41. The minimum atomic E-state index is -3.70. The van der Waals surface area contributed by atoms with Crippen LogP contribution in [0.2, 0.25) is 0 Å². The molecular weight excluding hydrogens is 418 g/mol. The summed E-state index contributed by atoms with van der Waals surface area (Å²) in [5, 5.41) is 5.45. The number of carbonyl (C=O) groups is 2. The maximum atomic E-state index is 13.0. The first-order chi connectivity index (χ1) is 14.8. The van der Waals surface area contributed by atoms with Gasteiger partial charge in [0.2, 0.25) is 15.9 Å². The van der Waals surface area contributed by atoms with Crippen LogP contribution in [0.3, 0.4) is 0 Å². The summed E-state index contributed by atoms with van der Waals surface area (Å²) in [5.74, 6) is -0.314. The monoisotopic (exact) mass is 445 g/mol. The number of amides is 2. The third-order valence-electron chi connectivity index (χ3n) is 5.43. The fraction of sp³-hybridized carbons (Fsp3) is 0.364. The summed E-state index contributed by atoms with van der Waals surface area (Å²) >= 11 is 0. The van der Waals surface area contributed by atoms with Gasteiger partial charge < -0.3 is 15.4 Å². The molecule has 2 aromatic carbocycles. The molecule has 0 spiro atoms. The zero-order valence-corrected chi connectivity index (χ0v) is 18.7. The number of nitrogens with one attached hydrogen (secondary N) is 2. The fourth-order valence-electron chi connectivity index (χ4n) is 3.60. The third kappa shape index (κ3) is 5.05. The van der Waals surface area contributed by atoms with Gasteiger partial charge in [-0.3, -0.25) is 9.59 Å². The van der Waals surface area contributed by atoms with Crippen LogP contribution in [0.4, 0.5) is 5.69 Å². The maximum Gasteiger partial charge on any atom is 0.251 e. The molecule has 1 aliphatic rings. The lowest BCUT2D eigenvalue weighted by atomic mass is 9.98. The van der Waals surface area contributed by atoms with E-state index in [-0.39, 0.29) is 23.3 Å².